The fourth-order valence-corrected chi connectivity index (χ4v) is 3.02. The summed E-state index contributed by atoms with van der Waals surface area (Å²) in [5.41, 5.74) is 2.94. The summed E-state index contributed by atoms with van der Waals surface area (Å²) in [6.45, 7) is 10.6. The molecule has 0 saturated heterocycles. The van der Waals surface area contributed by atoms with E-state index in [9.17, 15) is 4.79 Å². The minimum absolute atomic E-state index is 0.866. The Morgan fingerprint density at radius 1 is 1.28 bits per heavy atom. The first kappa shape index (κ1) is 19.2. The number of aliphatic carboxylic acids is 1. The summed E-state index contributed by atoms with van der Waals surface area (Å²) in [6.07, 6.45) is 6.02. The van der Waals surface area contributed by atoms with E-state index in [1.807, 2.05) is 12.1 Å². The smallest absolute Gasteiger partial charge is 0.328 e. The molecule has 0 radical (unpaired) electrons. The number of nitrogens with zero attached hydrogens (tertiary/aromatic N) is 3. The van der Waals surface area contributed by atoms with Crippen molar-refractivity contribution in [1.82, 2.24) is 14.5 Å². The van der Waals surface area contributed by atoms with E-state index in [0.29, 0.717) is 0 Å². The Labute approximate surface area is 150 Å². The zero-order valence-electron chi connectivity index (χ0n) is 15.5. The van der Waals surface area contributed by atoms with Gasteiger partial charge in [-0.2, -0.15) is 0 Å². The molecule has 0 bridgehead atoms. The number of rotatable bonds is 10. The molecule has 1 aromatic heterocycles. The van der Waals surface area contributed by atoms with Gasteiger partial charge in [0.2, 0.25) is 0 Å². The number of carboxylic acids is 1. The molecule has 0 amide bonds. The molecule has 0 aliphatic heterocycles. The van der Waals surface area contributed by atoms with Gasteiger partial charge in [0, 0.05) is 25.6 Å². The molecule has 0 aliphatic carbocycles. The van der Waals surface area contributed by atoms with Gasteiger partial charge in [0.1, 0.15) is 5.82 Å². The molecule has 0 aliphatic rings. The van der Waals surface area contributed by atoms with E-state index in [4.69, 9.17) is 10.1 Å². The maximum Gasteiger partial charge on any atom is 0.328 e. The number of hydrogen-bond donors (Lipinski definition) is 1. The Bertz CT molecular complexity index is 730. The molecule has 136 valence electrons. The second kappa shape index (κ2) is 9.37. The largest absolute Gasteiger partial charge is 0.478 e. The molecule has 5 heteroatoms. The summed E-state index contributed by atoms with van der Waals surface area (Å²) in [5.74, 6) is 0.192. The lowest BCUT2D eigenvalue weighted by Gasteiger charge is -2.19. The number of aryl methyl sites for hydroxylation is 1. The lowest BCUT2D eigenvalue weighted by Crippen LogP contribution is -2.27. The average Bonchev–Trinajstić information content (AvgIpc) is 2.95. The van der Waals surface area contributed by atoms with Gasteiger partial charge in [0.25, 0.3) is 0 Å². The normalized spacial score (nSPS) is 11.8. The number of fused-ring (bicyclic) bond motifs is 1. The minimum atomic E-state index is -0.937. The Morgan fingerprint density at radius 3 is 2.68 bits per heavy atom. The number of unbranched alkanes of at least 4 members (excludes halogenated alkanes) is 1. The molecule has 0 saturated carbocycles. The van der Waals surface area contributed by atoms with E-state index in [1.54, 1.807) is 6.08 Å². The third-order valence-corrected chi connectivity index (χ3v) is 4.56. The molecule has 5 nitrogen and oxygen atoms in total. The molecular weight excluding hydrogens is 314 g/mol. The highest BCUT2D eigenvalue weighted by Crippen LogP contribution is 2.20. The van der Waals surface area contributed by atoms with Crippen LogP contribution in [-0.2, 0) is 17.8 Å². The summed E-state index contributed by atoms with van der Waals surface area (Å²) in [5, 5.41) is 8.79. The summed E-state index contributed by atoms with van der Waals surface area (Å²) >= 11 is 0. The number of aromatic nitrogens is 2. The van der Waals surface area contributed by atoms with Crippen molar-refractivity contribution in [2.45, 2.75) is 46.6 Å². The van der Waals surface area contributed by atoms with Crippen LogP contribution in [0.2, 0.25) is 0 Å². The van der Waals surface area contributed by atoms with Crippen LogP contribution in [0, 0.1) is 0 Å². The monoisotopic (exact) mass is 343 g/mol. The standard InChI is InChI=1S/C20H29N3O2/c1-4-7-8-19-21-17-15-16(10-12-20(24)25)9-11-18(17)23(19)14-13-22(5-2)6-3/h9-12,15H,4-8,13-14H2,1-3H3,(H,24,25)/b12-10+. The summed E-state index contributed by atoms with van der Waals surface area (Å²) < 4.78 is 2.33. The zero-order chi connectivity index (χ0) is 18.2. The highest BCUT2D eigenvalue weighted by molar-refractivity contribution is 5.87. The van der Waals surface area contributed by atoms with Crippen molar-refractivity contribution in [3.05, 3.63) is 35.7 Å². The third-order valence-electron chi connectivity index (χ3n) is 4.56. The van der Waals surface area contributed by atoms with Crippen molar-refractivity contribution < 1.29 is 9.90 Å². The van der Waals surface area contributed by atoms with Crippen molar-refractivity contribution in [2.24, 2.45) is 0 Å². The summed E-state index contributed by atoms with van der Waals surface area (Å²) in [6, 6.07) is 5.99. The lowest BCUT2D eigenvalue weighted by molar-refractivity contribution is -0.131. The van der Waals surface area contributed by atoms with Gasteiger partial charge in [-0.05, 0) is 43.3 Å². The average molecular weight is 343 g/mol. The van der Waals surface area contributed by atoms with Crippen LogP contribution in [0.4, 0.5) is 0 Å². The first-order chi connectivity index (χ1) is 12.1. The molecule has 2 aromatic rings. The van der Waals surface area contributed by atoms with Gasteiger partial charge in [0.15, 0.2) is 0 Å². The zero-order valence-corrected chi connectivity index (χ0v) is 15.5. The van der Waals surface area contributed by atoms with Crippen molar-refractivity contribution in [3.8, 4) is 0 Å². The van der Waals surface area contributed by atoms with Gasteiger partial charge in [-0.15, -0.1) is 0 Å². The molecular formula is C20H29N3O2. The van der Waals surface area contributed by atoms with Crippen LogP contribution in [-0.4, -0.2) is 45.2 Å². The van der Waals surface area contributed by atoms with E-state index in [2.05, 4.69) is 36.3 Å². The van der Waals surface area contributed by atoms with E-state index in [-0.39, 0.29) is 0 Å². The number of carboxylic acid groups (broad SMARTS) is 1. The quantitative estimate of drug-likeness (QED) is 0.666. The first-order valence-electron chi connectivity index (χ1n) is 9.21. The van der Waals surface area contributed by atoms with Crippen LogP contribution in [0.3, 0.4) is 0 Å². The Kier molecular flexibility index (Phi) is 7.19. The molecule has 25 heavy (non-hydrogen) atoms. The maximum absolute atomic E-state index is 10.7. The Hall–Kier alpha value is -2.14. The lowest BCUT2D eigenvalue weighted by atomic mass is 10.2. The fraction of sp³-hybridized carbons (Fsp3) is 0.500. The second-order valence-corrected chi connectivity index (χ2v) is 6.23. The highest BCUT2D eigenvalue weighted by Gasteiger charge is 2.11. The van der Waals surface area contributed by atoms with Gasteiger partial charge < -0.3 is 14.6 Å². The first-order valence-corrected chi connectivity index (χ1v) is 9.21. The Balaban J connectivity index is 2.33. The number of benzene rings is 1. The molecule has 1 N–H and O–H groups in total. The molecule has 0 fully saturated rings. The van der Waals surface area contributed by atoms with Crippen molar-refractivity contribution in [2.75, 3.05) is 19.6 Å². The minimum Gasteiger partial charge on any atom is -0.478 e. The molecule has 0 unspecified atom stereocenters. The molecule has 0 spiro atoms. The van der Waals surface area contributed by atoms with Crippen molar-refractivity contribution in [3.63, 3.8) is 0 Å². The fourth-order valence-electron chi connectivity index (χ4n) is 3.02. The predicted octanol–water partition coefficient (Wildman–Crippen LogP) is 3.82. The molecule has 0 atom stereocenters. The molecule has 1 heterocycles. The SMILES string of the molecule is CCCCc1nc2cc(/C=C/C(=O)O)ccc2n1CCN(CC)CC. The van der Waals surface area contributed by atoms with Gasteiger partial charge >= 0.3 is 5.97 Å². The van der Waals surface area contributed by atoms with E-state index in [1.165, 1.54) is 0 Å². The molecule has 2 rings (SSSR count). The number of carbonyl (C=O) groups is 1. The molecule has 1 aromatic carbocycles. The van der Waals surface area contributed by atoms with Gasteiger partial charge in [-0.1, -0.05) is 33.3 Å². The van der Waals surface area contributed by atoms with Crippen LogP contribution in [0.1, 0.15) is 45.0 Å². The van der Waals surface area contributed by atoms with Crippen LogP contribution in [0.15, 0.2) is 24.3 Å². The van der Waals surface area contributed by atoms with Gasteiger partial charge in [0.05, 0.1) is 11.0 Å². The highest BCUT2D eigenvalue weighted by atomic mass is 16.4. The van der Waals surface area contributed by atoms with Crippen molar-refractivity contribution in [1.29, 1.82) is 0 Å². The number of likely N-dealkylation sites (N-methyl/N-ethyl adjacent to an activating group) is 1. The maximum atomic E-state index is 10.7. The van der Waals surface area contributed by atoms with Crippen LogP contribution < -0.4 is 0 Å². The Morgan fingerprint density at radius 2 is 2.04 bits per heavy atom. The van der Waals surface area contributed by atoms with Crippen LogP contribution >= 0.6 is 0 Å². The van der Waals surface area contributed by atoms with E-state index in [0.717, 1.165) is 73.9 Å². The van der Waals surface area contributed by atoms with Gasteiger partial charge in [-0.3, -0.25) is 0 Å². The number of imidazole rings is 1. The van der Waals surface area contributed by atoms with Crippen molar-refractivity contribution >= 4 is 23.1 Å². The van der Waals surface area contributed by atoms with E-state index < -0.39 is 5.97 Å². The summed E-state index contributed by atoms with van der Waals surface area (Å²) in [7, 11) is 0. The second-order valence-electron chi connectivity index (χ2n) is 6.23. The summed E-state index contributed by atoms with van der Waals surface area (Å²) in [4.78, 5) is 18.0. The number of hydrogen-bond acceptors (Lipinski definition) is 3. The van der Waals surface area contributed by atoms with E-state index >= 15 is 0 Å². The predicted molar refractivity (Wildman–Crippen MR) is 103 cm³/mol. The topological polar surface area (TPSA) is 58.4 Å². The van der Waals surface area contributed by atoms with Crippen LogP contribution in [0.5, 0.6) is 0 Å². The van der Waals surface area contributed by atoms with Gasteiger partial charge in [-0.25, -0.2) is 9.78 Å². The third kappa shape index (κ3) is 5.16. The van der Waals surface area contributed by atoms with Crippen LogP contribution in [0.25, 0.3) is 17.1 Å².